The Morgan fingerprint density at radius 2 is 1.93 bits per heavy atom. The van der Waals surface area contributed by atoms with E-state index in [1.54, 1.807) is 31.2 Å². The van der Waals surface area contributed by atoms with Crippen molar-refractivity contribution in [2.75, 3.05) is 0 Å². The number of nitrogens with two attached hydrogens (primary N) is 1. The molecule has 2 atom stereocenters. The van der Waals surface area contributed by atoms with Crippen molar-refractivity contribution < 1.29 is 9.90 Å². The molecule has 0 saturated heterocycles. The zero-order valence-electron chi connectivity index (χ0n) is 8.40. The first-order chi connectivity index (χ1) is 6.46. The second-order valence-corrected chi connectivity index (χ2v) is 3.60. The fraction of sp³-hybridized carbons (Fsp3) is 0.364. The lowest BCUT2D eigenvalue weighted by Crippen LogP contribution is -2.47. The molecule has 14 heavy (non-hydrogen) atoms. The van der Waals surface area contributed by atoms with Gasteiger partial charge in [0.2, 0.25) is 0 Å². The van der Waals surface area contributed by atoms with E-state index in [4.69, 9.17) is 5.73 Å². The van der Waals surface area contributed by atoms with Crippen LogP contribution in [0.1, 0.15) is 19.4 Å². The van der Waals surface area contributed by atoms with Gasteiger partial charge in [-0.1, -0.05) is 30.3 Å². The average Bonchev–Trinajstić information content (AvgIpc) is 2.18. The van der Waals surface area contributed by atoms with Crippen LogP contribution in [0.4, 0.5) is 0 Å². The first-order valence-electron chi connectivity index (χ1n) is 4.50. The van der Waals surface area contributed by atoms with Crippen LogP contribution in [0.5, 0.6) is 0 Å². The number of ketones is 1. The van der Waals surface area contributed by atoms with E-state index in [1.807, 2.05) is 6.07 Å². The van der Waals surface area contributed by atoms with Gasteiger partial charge in [0.25, 0.3) is 0 Å². The highest BCUT2D eigenvalue weighted by molar-refractivity contribution is 5.82. The molecule has 0 aliphatic rings. The summed E-state index contributed by atoms with van der Waals surface area (Å²) in [7, 11) is 0. The van der Waals surface area contributed by atoms with Gasteiger partial charge in [0.15, 0.2) is 0 Å². The van der Waals surface area contributed by atoms with E-state index in [0.717, 1.165) is 0 Å². The van der Waals surface area contributed by atoms with Gasteiger partial charge in [-0.2, -0.15) is 0 Å². The van der Waals surface area contributed by atoms with Crippen LogP contribution in [-0.4, -0.2) is 16.9 Å². The highest BCUT2D eigenvalue weighted by atomic mass is 16.3. The molecule has 0 saturated carbocycles. The van der Waals surface area contributed by atoms with Gasteiger partial charge < -0.3 is 10.8 Å². The van der Waals surface area contributed by atoms with Crippen LogP contribution < -0.4 is 5.73 Å². The fourth-order valence-electron chi connectivity index (χ4n) is 1.35. The maximum Gasteiger partial charge on any atom is 0.149 e. The number of rotatable bonds is 3. The standard InChI is InChI=1S/C11H15NO2/c1-8(13)10(12)11(2,14)9-6-4-3-5-7-9/h3-7,10,14H,12H2,1-2H3/t10-,11?/m1/s1. The molecule has 0 spiro atoms. The molecule has 0 bridgehead atoms. The number of aliphatic hydroxyl groups is 1. The Kier molecular flexibility index (Phi) is 3.03. The molecular formula is C11H15NO2. The molecular weight excluding hydrogens is 178 g/mol. The zero-order chi connectivity index (χ0) is 10.8. The maximum atomic E-state index is 11.1. The average molecular weight is 193 g/mol. The number of benzene rings is 1. The molecule has 76 valence electrons. The van der Waals surface area contributed by atoms with Crippen LogP contribution in [0.2, 0.25) is 0 Å². The van der Waals surface area contributed by atoms with Gasteiger partial charge in [0.05, 0.1) is 6.04 Å². The van der Waals surface area contributed by atoms with E-state index in [2.05, 4.69) is 0 Å². The minimum absolute atomic E-state index is 0.223. The van der Waals surface area contributed by atoms with Crippen molar-refractivity contribution in [2.45, 2.75) is 25.5 Å². The third-order valence-corrected chi connectivity index (χ3v) is 2.40. The van der Waals surface area contributed by atoms with Crippen molar-refractivity contribution in [1.29, 1.82) is 0 Å². The monoisotopic (exact) mass is 193 g/mol. The smallest absolute Gasteiger partial charge is 0.149 e. The number of hydrogen-bond acceptors (Lipinski definition) is 3. The van der Waals surface area contributed by atoms with E-state index in [-0.39, 0.29) is 5.78 Å². The SMILES string of the molecule is CC(=O)[C@@H](N)C(C)(O)c1ccccc1. The summed E-state index contributed by atoms with van der Waals surface area (Å²) in [5, 5.41) is 10.1. The van der Waals surface area contributed by atoms with Crippen molar-refractivity contribution in [3.05, 3.63) is 35.9 Å². The lowest BCUT2D eigenvalue weighted by atomic mass is 9.87. The molecule has 1 aromatic rings. The molecule has 3 N–H and O–H groups in total. The molecule has 1 unspecified atom stereocenters. The lowest BCUT2D eigenvalue weighted by molar-refractivity contribution is -0.124. The topological polar surface area (TPSA) is 63.3 Å². The van der Waals surface area contributed by atoms with E-state index in [9.17, 15) is 9.90 Å². The minimum atomic E-state index is -1.30. The van der Waals surface area contributed by atoms with Crippen molar-refractivity contribution in [1.82, 2.24) is 0 Å². The molecule has 0 amide bonds. The summed E-state index contributed by atoms with van der Waals surface area (Å²) in [6.07, 6.45) is 0. The van der Waals surface area contributed by atoms with Gasteiger partial charge in [-0.25, -0.2) is 0 Å². The quantitative estimate of drug-likeness (QED) is 0.746. The fourth-order valence-corrected chi connectivity index (χ4v) is 1.35. The first-order valence-corrected chi connectivity index (χ1v) is 4.50. The zero-order valence-corrected chi connectivity index (χ0v) is 8.40. The molecule has 0 radical (unpaired) electrons. The van der Waals surface area contributed by atoms with Gasteiger partial charge in [-0.05, 0) is 19.4 Å². The number of carbonyl (C=O) groups excluding carboxylic acids is 1. The number of Topliss-reactive ketones (excluding diaryl/α,β-unsaturated/α-hetero) is 1. The van der Waals surface area contributed by atoms with Gasteiger partial charge in [0.1, 0.15) is 11.4 Å². The van der Waals surface area contributed by atoms with Gasteiger partial charge in [-0.3, -0.25) is 4.79 Å². The maximum absolute atomic E-state index is 11.1. The molecule has 0 fully saturated rings. The summed E-state index contributed by atoms with van der Waals surface area (Å²) in [5.41, 5.74) is 4.98. The predicted octanol–water partition coefficient (Wildman–Crippen LogP) is 0.810. The Bertz CT molecular complexity index is 319. The summed E-state index contributed by atoms with van der Waals surface area (Å²) in [4.78, 5) is 11.1. The van der Waals surface area contributed by atoms with Crippen LogP contribution in [0.3, 0.4) is 0 Å². The summed E-state index contributed by atoms with van der Waals surface area (Å²) < 4.78 is 0. The van der Waals surface area contributed by atoms with Crippen LogP contribution >= 0.6 is 0 Å². The predicted molar refractivity (Wildman–Crippen MR) is 54.7 cm³/mol. The Morgan fingerprint density at radius 1 is 1.43 bits per heavy atom. The van der Waals surface area contributed by atoms with Crippen LogP contribution in [-0.2, 0) is 10.4 Å². The molecule has 1 rings (SSSR count). The van der Waals surface area contributed by atoms with E-state index in [0.29, 0.717) is 5.56 Å². The third-order valence-electron chi connectivity index (χ3n) is 2.40. The van der Waals surface area contributed by atoms with Crippen LogP contribution in [0.15, 0.2) is 30.3 Å². The molecule has 0 aliphatic carbocycles. The lowest BCUT2D eigenvalue weighted by Gasteiger charge is -2.28. The van der Waals surface area contributed by atoms with Crippen LogP contribution in [0, 0.1) is 0 Å². The van der Waals surface area contributed by atoms with E-state index in [1.165, 1.54) is 6.92 Å². The Balaban J connectivity index is 3.02. The van der Waals surface area contributed by atoms with Crippen molar-refractivity contribution in [2.24, 2.45) is 5.73 Å². The van der Waals surface area contributed by atoms with Crippen molar-refractivity contribution in [3.63, 3.8) is 0 Å². The molecule has 0 aliphatic heterocycles. The summed E-state index contributed by atoms with van der Waals surface area (Å²) >= 11 is 0. The first kappa shape index (κ1) is 10.9. The minimum Gasteiger partial charge on any atom is -0.383 e. The van der Waals surface area contributed by atoms with Gasteiger partial charge in [-0.15, -0.1) is 0 Å². The third kappa shape index (κ3) is 2.00. The highest BCUT2D eigenvalue weighted by Gasteiger charge is 2.33. The molecule has 0 heterocycles. The molecule has 3 heteroatoms. The Hall–Kier alpha value is -1.19. The second kappa shape index (κ2) is 3.90. The van der Waals surface area contributed by atoms with E-state index >= 15 is 0 Å². The van der Waals surface area contributed by atoms with Gasteiger partial charge >= 0.3 is 0 Å². The molecule has 1 aromatic carbocycles. The molecule has 0 aromatic heterocycles. The summed E-state index contributed by atoms with van der Waals surface area (Å²) in [6, 6.07) is 8.07. The largest absolute Gasteiger partial charge is 0.383 e. The van der Waals surface area contributed by atoms with Gasteiger partial charge in [0, 0.05) is 0 Å². The molecule has 3 nitrogen and oxygen atoms in total. The summed E-state index contributed by atoms with van der Waals surface area (Å²) in [5.74, 6) is -0.223. The van der Waals surface area contributed by atoms with Crippen molar-refractivity contribution in [3.8, 4) is 0 Å². The number of carbonyl (C=O) groups is 1. The number of hydrogen-bond donors (Lipinski definition) is 2. The highest BCUT2D eigenvalue weighted by Crippen LogP contribution is 2.23. The Morgan fingerprint density at radius 3 is 2.36 bits per heavy atom. The Labute approximate surface area is 83.6 Å². The second-order valence-electron chi connectivity index (χ2n) is 3.60. The van der Waals surface area contributed by atoms with E-state index < -0.39 is 11.6 Å². The van der Waals surface area contributed by atoms with Crippen molar-refractivity contribution >= 4 is 5.78 Å². The summed E-state index contributed by atoms with van der Waals surface area (Å²) in [6.45, 7) is 2.93. The normalized spacial score (nSPS) is 17.1. The van der Waals surface area contributed by atoms with Crippen LogP contribution in [0.25, 0.3) is 0 Å².